The molecule has 8 heteroatoms. The van der Waals surface area contributed by atoms with Crippen molar-refractivity contribution >= 4 is 26.2 Å². The Morgan fingerprint density at radius 1 is 0.202 bits per heavy atom. The molecular formula is C81H58F6NSb. The Labute approximate surface area is 517 Å². The SMILES string of the molecule is C=[N+]1C(c2cc(-c3ccccc3)cc(-c3ccccc3)c2)(c2cc(-c3ccccc3)cc(-c3ccccc3)c2)c2ccccc2C1(c1cc(-c2ccccc2)cc(-c2ccccc2)c1)c1cc(-c2ccccc2)cc(-c2ccccc2)c1.[F][Sb-]([F])([F])([F])([F])[F]. The first-order valence-electron chi connectivity index (χ1n) is 29.3. The maximum atomic E-state index is 9.93. The number of hydrogen-bond acceptors (Lipinski definition) is 0. The van der Waals surface area contributed by atoms with Crippen LogP contribution in [0.25, 0.3) is 89.0 Å². The first-order valence-corrected chi connectivity index (χ1v) is 35.1. The van der Waals surface area contributed by atoms with Crippen LogP contribution in [-0.2, 0) is 11.1 Å². The zero-order valence-corrected chi connectivity index (χ0v) is 50.8. The van der Waals surface area contributed by atoms with Crippen LogP contribution in [0.2, 0.25) is 0 Å². The first-order chi connectivity index (χ1) is 43.0. The van der Waals surface area contributed by atoms with Gasteiger partial charge in [0.15, 0.2) is 0 Å². The Bertz CT molecular complexity index is 3900. The van der Waals surface area contributed by atoms with E-state index < -0.39 is 30.6 Å². The van der Waals surface area contributed by atoms with Crippen molar-refractivity contribution in [1.29, 1.82) is 0 Å². The quantitative estimate of drug-likeness (QED) is 0.0652. The minimum atomic E-state index is -11.2. The first kappa shape index (κ1) is 58.0. The number of fused-ring (bicyclic) bond motifs is 1. The van der Waals surface area contributed by atoms with Crippen molar-refractivity contribution < 1.29 is 21.5 Å². The molecule has 13 aromatic carbocycles. The molecule has 0 fully saturated rings. The van der Waals surface area contributed by atoms with Gasteiger partial charge in [-0.2, -0.15) is 0 Å². The summed E-state index contributed by atoms with van der Waals surface area (Å²) in [6.07, 6.45) is 0. The van der Waals surface area contributed by atoms with E-state index >= 15 is 0 Å². The predicted octanol–water partition coefficient (Wildman–Crippen LogP) is 22.5. The third-order valence-corrected chi connectivity index (χ3v) is 16.8. The summed E-state index contributed by atoms with van der Waals surface area (Å²) in [4.78, 5) is 0. The fraction of sp³-hybridized carbons (Fsp3) is 0.0247. The average Bonchev–Trinajstić information content (AvgIpc) is 1.57. The van der Waals surface area contributed by atoms with Gasteiger partial charge in [0, 0.05) is 33.4 Å². The molecule has 0 unspecified atom stereocenters. The van der Waals surface area contributed by atoms with Crippen molar-refractivity contribution in [2.45, 2.75) is 11.1 Å². The van der Waals surface area contributed by atoms with Crippen LogP contribution in [0.3, 0.4) is 0 Å². The van der Waals surface area contributed by atoms with Gasteiger partial charge >= 0.3 is 36.4 Å². The topological polar surface area (TPSA) is 3.01 Å². The Hall–Kier alpha value is -10.1. The molecule has 1 aliphatic heterocycles. The summed E-state index contributed by atoms with van der Waals surface area (Å²) in [5.74, 6) is 0. The van der Waals surface area contributed by atoms with Crippen LogP contribution in [-0.4, -0.2) is 30.8 Å². The van der Waals surface area contributed by atoms with E-state index in [4.69, 9.17) is 6.72 Å². The van der Waals surface area contributed by atoms with E-state index in [1.54, 1.807) is 0 Å². The number of rotatable bonds is 12. The van der Waals surface area contributed by atoms with Crippen LogP contribution >= 0.6 is 0 Å². The zero-order chi connectivity index (χ0) is 61.3. The summed E-state index contributed by atoms with van der Waals surface area (Å²) in [5.41, 5.74) is 22.6. The van der Waals surface area contributed by atoms with Crippen molar-refractivity contribution in [3.05, 3.63) is 373 Å². The van der Waals surface area contributed by atoms with Gasteiger partial charge in [0.25, 0.3) is 0 Å². The fourth-order valence-corrected chi connectivity index (χ4v) is 13.0. The normalized spacial score (nSPS) is 13.9. The van der Waals surface area contributed by atoms with E-state index in [9.17, 15) is 16.9 Å². The summed E-state index contributed by atoms with van der Waals surface area (Å²) < 4.78 is 62.1. The molecule has 1 aliphatic rings. The molecule has 13 aromatic rings. The van der Waals surface area contributed by atoms with Gasteiger partial charge in [-0.05, 0) is 162 Å². The van der Waals surface area contributed by atoms with Crippen LogP contribution in [0.15, 0.2) is 340 Å². The Morgan fingerprint density at radius 3 is 0.483 bits per heavy atom. The number of nitrogens with zero attached hydrogens (tertiary/aromatic N) is 1. The molecule has 0 saturated heterocycles. The van der Waals surface area contributed by atoms with E-state index in [0.29, 0.717) is 0 Å². The number of halogens is 6. The van der Waals surface area contributed by atoms with Crippen molar-refractivity contribution in [1.82, 2.24) is 0 Å². The average molecular weight is 1280 g/mol. The summed E-state index contributed by atoms with van der Waals surface area (Å²) in [6, 6.07) is 125. The third-order valence-electron chi connectivity index (χ3n) is 16.8. The molecule has 89 heavy (non-hydrogen) atoms. The standard InChI is InChI=1S/C81H58N.6FH.Sb/c1-82-80(74-50-66(58-28-10-2-11-29-58)46-67(51-74)59-30-12-3-13-31-59,75-52-68(60-32-14-4-15-33-60)47-69(53-75)61-34-16-5-17-35-61)78-44-26-27-45-79(78)81(82,76-54-70(62-36-18-6-19-37-62)48-71(55-76)63-38-20-7-21-39-63)77-56-72(64-40-22-8-23-41-64)49-73(57-77)65-42-24-9-25-43-65;;;;;;;/h2-57H,1H2;6*1H;/q+1;;;;;;;+5/p-6. The molecule has 0 atom stereocenters. The molecule has 0 amide bonds. The molecule has 0 radical (unpaired) electrons. The molecule has 0 saturated carbocycles. The van der Waals surface area contributed by atoms with Gasteiger partial charge in [-0.3, -0.25) is 0 Å². The van der Waals surface area contributed by atoms with Crippen molar-refractivity contribution in [2.24, 2.45) is 0 Å². The molecule has 0 N–H and O–H groups in total. The molecule has 14 rings (SSSR count). The zero-order valence-electron chi connectivity index (χ0n) is 48.2. The molecule has 0 aromatic heterocycles. The van der Waals surface area contributed by atoms with Crippen LogP contribution in [0.1, 0.15) is 33.4 Å². The second-order valence-electron chi connectivity index (χ2n) is 22.5. The van der Waals surface area contributed by atoms with Gasteiger partial charge < -0.3 is 0 Å². The summed E-state index contributed by atoms with van der Waals surface area (Å²) >= 11 is -11.2. The fourth-order valence-electron chi connectivity index (χ4n) is 13.0. The number of benzene rings is 13. The molecule has 1 nitrogen and oxygen atoms in total. The van der Waals surface area contributed by atoms with Gasteiger partial charge in [-0.25, -0.2) is 4.58 Å². The predicted molar refractivity (Wildman–Crippen MR) is 355 cm³/mol. The summed E-state index contributed by atoms with van der Waals surface area (Å²) in [6.45, 7) is 5.72. The molecule has 434 valence electrons. The van der Waals surface area contributed by atoms with Crippen LogP contribution in [0.5, 0.6) is 0 Å². The third kappa shape index (κ3) is 12.1. The Kier molecular flexibility index (Phi) is 14.9. The minimum absolute atomic E-state index is 1.08. The van der Waals surface area contributed by atoms with Gasteiger partial charge in [-0.1, -0.05) is 267 Å². The van der Waals surface area contributed by atoms with E-state index in [1.807, 2.05) is 0 Å². The summed E-state index contributed by atoms with van der Waals surface area (Å²) in [5, 5.41) is 0. The second kappa shape index (κ2) is 22.9. The van der Waals surface area contributed by atoms with Crippen LogP contribution in [0, 0.1) is 0 Å². The van der Waals surface area contributed by atoms with Crippen molar-refractivity contribution in [3.63, 3.8) is 0 Å². The molecule has 0 bridgehead atoms. The van der Waals surface area contributed by atoms with Crippen molar-refractivity contribution in [3.8, 4) is 89.0 Å². The van der Waals surface area contributed by atoms with Gasteiger partial charge in [0.1, 0.15) is 6.72 Å². The van der Waals surface area contributed by atoms with Gasteiger partial charge in [0.05, 0.1) is 0 Å². The Balaban J connectivity index is 0.000000984. The molecule has 0 spiro atoms. The van der Waals surface area contributed by atoms with E-state index in [-0.39, 0.29) is 0 Å². The second-order valence-corrected chi connectivity index (χ2v) is 27.9. The molecule has 0 aliphatic carbocycles. The van der Waals surface area contributed by atoms with Crippen LogP contribution < -0.4 is 0 Å². The monoisotopic (exact) mass is 1280 g/mol. The maximum absolute atomic E-state index is 11.2. The molecular weight excluding hydrogens is 1220 g/mol. The van der Waals surface area contributed by atoms with Crippen LogP contribution in [0.4, 0.5) is 16.9 Å². The van der Waals surface area contributed by atoms with E-state index in [2.05, 4.69) is 344 Å². The van der Waals surface area contributed by atoms with Crippen molar-refractivity contribution in [2.75, 3.05) is 0 Å². The number of hydrogen-bond donors (Lipinski definition) is 0. The Morgan fingerprint density at radius 2 is 0.337 bits per heavy atom. The summed E-state index contributed by atoms with van der Waals surface area (Å²) in [7, 11) is 0. The van der Waals surface area contributed by atoms with E-state index in [1.165, 1.54) is 0 Å². The molecule has 1 heterocycles. The van der Waals surface area contributed by atoms with E-state index in [0.717, 1.165) is 122 Å². The van der Waals surface area contributed by atoms with Gasteiger partial charge in [0.2, 0.25) is 11.1 Å². The van der Waals surface area contributed by atoms with Gasteiger partial charge in [-0.15, -0.1) is 0 Å².